The van der Waals surface area contributed by atoms with Crippen LogP contribution in [0, 0.1) is 0 Å². The Balaban J connectivity index is 1.84. The fraction of sp³-hybridized carbons (Fsp3) is 0.176. The number of nitrogens with zero attached hydrogens (tertiary/aromatic N) is 1. The van der Waals surface area contributed by atoms with Crippen LogP contribution >= 0.6 is 0 Å². The van der Waals surface area contributed by atoms with Crippen molar-refractivity contribution in [3.05, 3.63) is 54.1 Å². The van der Waals surface area contributed by atoms with Crippen molar-refractivity contribution in [2.24, 2.45) is 5.10 Å². The van der Waals surface area contributed by atoms with E-state index in [4.69, 9.17) is 10.5 Å². The number of benzene rings is 2. The average molecular weight is 312 g/mol. The second kappa shape index (κ2) is 7.84. The second-order valence-electron chi connectivity index (χ2n) is 4.94. The summed E-state index contributed by atoms with van der Waals surface area (Å²) in [7, 11) is 1.61. The first-order chi connectivity index (χ1) is 11.1. The van der Waals surface area contributed by atoms with Crippen molar-refractivity contribution < 1.29 is 9.53 Å². The van der Waals surface area contributed by atoms with E-state index in [1.165, 1.54) is 0 Å². The summed E-state index contributed by atoms with van der Waals surface area (Å²) < 4.78 is 5.08. The van der Waals surface area contributed by atoms with Crippen molar-refractivity contribution in [3.8, 4) is 5.75 Å². The summed E-state index contributed by atoms with van der Waals surface area (Å²) in [5, 5.41) is 7.09. The zero-order valence-corrected chi connectivity index (χ0v) is 13.2. The molecule has 0 aliphatic heterocycles. The normalized spacial score (nSPS) is 11.0. The van der Waals surface area contributed by atoms with E-state index in [9.17, 15) is 4.79 Å². The maximum Gasteiger partial charge on any atom is 0.259 e. The van der Waals surface area contributed by atoms with Crippen molar-refractivity contribution >= 4 is 23.0 Å². The number of amides is 1. The fourth-order valence-electron chi connectivity index (χ4n) is 1.87. The number of hydrogen-bond acceptors (Lipinski definition) is 5. The Morgan fingerprint density at radius 1 is 1.13 bits per heavy atom. The molecular weight excluding hydrogens is 292 g/mol. The van der Waals surface area contributed by atoms with Gasteiger partial charge in [0.15, 0.2) is 0 Å². The van der Waals surface area contributed by atoms with E-state index in [1.807, 2.05) is 43.3 Å². The van der Waals surface area contributed by atoms with Gasteiger partial charge in [-0.3, -0.25) is 4.79 Å². The predicted octanol–water partition coefficient (Wildman–Crippen LogP) is 2.23. The molecule has 0 saturated carbocycles. The number of hydrazone groups is 1. The first-order valence-corrected chi connectivity index (χ1v) is 7.15. The fourth-order valence-corrected chi connectivity index (χ4v) is 1.87. The van der Waals surface area contributed by atoms with Gasteiger partial charge in [-0.15, -0.1) is 0 Å². The van der Waals surface area contributed by atoms with Crippen LogP contribution in [0.3, 0.4) is 0 Å². The van der Waals surface area contributed by atoms with E-state index in [2.05, 4.69) is 15.8 Å². The van der Waals surface area contributed by atoms with E-state index in [1.54, 1.807) is 19.2 Å². The summed E-state index contributed by atoms with van der Waals surface area (Å²) in [4.78, 5) is 11.8. The molecule has 1 amide bonds. The first-order valence-electron chi connectivity index (χ1n) is 7.15. The van der Waals surface area contributed by atoms with E-state index in [-0.39, 0.29) is 12.5 Å². The van der Waals surface area contributed by atoms with Crippen molar-refractivity contribution in [3.63, 3.8) is 0 Å². The molecule has 0 unspecified atom stereocenters. The van der Waals surface area contributed by atoms with Crippen molar-refractivity contribution in [2.45, 2.75) is 6.92 Å². The van der Waals surface area contributed by atoms with Crippen molar-refractivity contribution in [1.29, 1.82) is 0 Å². The number of hydrogen-bond donors (Lipinski definition) is 3. The Bertz CT molecular complexity index is 679. The molecule has 0 atom stereocenters. The van der Waals surface area contributed by atoms with Crippen LogP contribution in [0.2, 0.25) is 0 Å². The number of nitrogens with two attached hydrogens (primary N) is 1. The smallest absolute Gasteiger partial charge is 0.259 e. The molecule has 0 aromatic heterocycles. The van der Waals surface area contributed by atoms with E-state index in [0.717, 1.165) is 17.0 Å². The molecule has 0 heterocycles. The predicted molar refractivity (Wildman–Crippen MR) is 92.7 cm³/mol. The minimum Gasteiger partial charge on any atom is -0.497 e. The van der Waals surface area contributed by atoms with Crippen LogP contribution in [0.15, 0.2) is 53.6 Å². The molecule has 4 N–H and O–H groups in total. The lowest BCUT2D eigenvalue weighted by molar-refractivity contribution is -0.119. The van der Waals surface area contributed by atoms with E-state index >= 15 is 0 Å². The van der Waals surface area contributed by atoms with Gasteiger partial charge in [-0.2, -0.15) is 5.10 Å². The molecule has 2 aromatic carbocycles. The van der Waals surface area contributed by atoms with Crippen LogP contribution in [0.5, 0.6) is 5.75 Å². The van der Waals surface area contributed by atoms with Gasteiger partial charge in [0, 0.05) is 11.4 Å². The molecule has 0 radical (unpaired) electrons. The SMILES string of the molecule is COc1ccc(NCC(=O)NN=C(C)c2ccc(N)cc2)cc1. The Morgan fingerprint density at radius 3 is 2.39 bits per heavy atom. The summed E-state index contributed by atoms with van der Waals surface area (Å²) in [5.74, 6) is 0.541. The van der Waals surface area contributed by atoms with Gasteiger partial charge in [-0.1, -0.05) is 12.1 Å². The van der Waals surface area contributed by atoms with Crippen LogP contribution in [0.25, 0.3) is 0 Å². The molecule has 0 bridgehead atoms. The third-order valence-electron chi connectivity index (χ3n) is 3.22. The number of ether oxygens (including phenoxy) is 1. The summed E-state index contributed by atoms with van der Waals surface area (Å²) in [5.41, 5.74) is 11.3. The summed E-state index contributed by atoms with van der Waals surface area (Å²) >= 11 is 0. The van der Waals surface area contributed by atoms with Crippen LogP contribution in [-0.2, 0) is 4.79 Å². The van der Waals surface area contributed by atoms with Crippen molar-refractivity contribution in [1.82, 2.24) is 5.43 Å². The highest BCUT2D eigenvalue weighted by atomic mass is 16.5. The van der Waals surface area contributed by atoms with Gasteiger partial charge in [0.2, 0.25) is 0 Å². The molecule has 0 aliphatic carbocycles. The number of rotatable bonds is 6. The number of nitrogens with one attached hydrogen (secondary N) is 2. The second-order valence-corrected chi connectivity index (χ2v) is 4.94. The summed E-state index contributed by atoms with van der Waals surface area (Å²) in [6.07, 6.45) is 0. The Labute approximate surface area is 135 Å². The molecule has 6 heteroatoms. The third kappa shape index (κ3) is 5.03. The number of anilines is 2. The third-order valence-corrected chi connectivity index (χ3v) is 3.22. The van der Waals surface area contributed by atoms with Gasteiger partial charge in [0.25, 0.3) is 5.91 Å². The Hall–Kier alpha value is -3.02. The molecule has 0 aliphatic rings. The highest BCUT2D eigenvalue weighted by Gasteiger charge is 2.02. The maximum atomic E-state index is 11.8. The van der Waals surface area contributed by atoms with Gasteiger partial charge in [0.1, 0.15) is 5.75 Å². The van der Waals surface area contributed by atoms with Crippen LogP contribution in [0.1, 0.15) is 12.5 Å². The van der Waals surface area contributed by atoms with Crippen LogP contribution < -0.4 is 21.2 Å². The molecule has 120 valence electrons. The average Bonchev–Trinajstić information content (AvgIpc) is 2.59. The number of methoxy groups -OCH3 is 1. The molecule has 0 spiro atoms. The quantitative estimate of drug-likeness (QED) is 0.433. The molecule has 2 rings (SSSR count). The Morgan fingerprint density at radius 2 is 1.78 bits per heavy atom. The number of carbonyl (C=O) groups is 1. The first kappa shape index (κ1) is 16.4. The largest absolute Gasteiger partial charge is 0.497 e. The Kier molecular flexibility index (Phi) is 5.57. The minimum absolute atomic E-state index is 0.130. The molecule has 6 nitrogen and oxygen atoms in total. The van der Waals surface area contributed by atoms with Gasteiger partial charge in [-0.25, -0.2) is 5.43 Å². The van der Waals surface area contributed by atoms with E-state index < -0.39 is 0 Å². The van der Waals surface area contributed by atoms with Gasteiger partial charge in [0.05, 0.1) is 19.4 Å². The number of carbonyl (C=O) groups excluding carboxylic acids is 1. The van der Waals surface area contributed by atoms with Crippen LogP contribution in [0.4, 0.5) is 11.4 Å². The number of nitrogen functional groups attached to an aromatic ring is 1. The summed E-state index contributed by atoms with van der Waals surface area (Å²) in [6.45, 7) is 1.95. The lowest BCUT2D eigenvalue weighted by Crippen LogP contribution is -2.26. The maximum absolute atomic E-state index is 11.8. The highest BCUT2D eigenvalue weighted by molar-refractivity contribution is 5.99. The van der Waals surface area contributed by atoms with Crippen molar-refractivity contribution in [2.75, 3.05) is 24.7 Å². The van der Waals surface area contributed by atoms with Crippen LogP contribution in [-0.4, -0.2) is 25.3 Å². The molecular formula is C17H20N4O2. The minimum atomic E-state index is -0.226. The zero-order valence-electron chi connectivity index (χ0n) is 13.2. The summed E-state index contributed by atoms with van der Waals surface area (Å²) in [6, 6.07) is 14.6. The molecule has 23 heavy (non-hydrogen) atoms. The zero-order chi connectivity index (χ0) is 16.7. The monoisotopic (exact) mass is 312 g/mol. The topological polar surface area (TPSA) is 88.7 Å². The van der Waals surface area contributed by atoms with Gasteiger partial charge in [-0.05, 0) is 48.9 Å². The molecule has 0 fully saturated rings. The van der Waals surface area contributed by atoms with E-state index in [0.29, 0.717) is 11.4 Å². The van der Waals surface area contributed by atoms with Gasteiger partial charge < -0.3 is 15.8 Å². The standard InChI is InChI=1S/C17H20N4O2/c1-12(13-3-5-14(18)6-4-13)20-21-17(22)11-19-15-7-9-16(23-2)10-8-15/h3-10,19H,11,18H2,1-2H3,(H,21,22). The molecule has 0 saturated heterocycles. The molecule has 2 aromatic rings. The van der Waals surface area contributed by atoms with Gasteiger partial charge >= 0.3 is 0 Å². The lowest BCUT2D eigenvalue weighted by Gasteiger charge is -2.07. The lowest BCUT2D eigenvalue weighted by atomic mass is 10.1. The highest BCUT2D eigenvalue weighted by Crippen LogP contribution is 2.14.